The quantitative estimate of drug-likeness (QED) is 0.273. The first-order chi connectivity index (χ1) is 17.0. The topological polar surface area (TPSA) is 67.4 Å². The molecule has 0 aliphatic heterocycles. The van der Waals surface area contributed by atoms with E-state index in [1.54, 1.807) is 29.6 Å². The summed E-state index contributed by atoms with van der Waals surface area (Å²) in [4.78, 5) is 24.2. The van der Waals surface area contributed by atoms with E-state index in [1.165, 1.54) is 12.1 Å². The Morgan fingerprint density at radius 3 is 2.11 bits per heavy atom. The van der Waals surface area contributed by atoms with Crippen LogP contribution in [0.15, 0.2) is 72.8 Å². The van der Waals surface area contributed by atoms with Crippen LogP contribution >= 0.6 is 11.6 Å². The van der Waals surface area contributed by atoms with Crippen molar-refractivity contribution in [3.8, 4) is 11.5 Å². The molecular weight excluding hydrogens is 507 g/mol. The lowest BCUT2D eigenvalue weighted by Crippen LogP contribution is -2.35. The number of halogens is 6. The van der Waals surface area contributed by atoms with Crippen molar-refractivity contribution in [3.63, 3.8) is 0 Å². The maximum Gasteiger partial charge on any atom is 0.420 e. The van der Waals surface area contributed by atoms with Crippen molar-refractivity contribution < 1.29 is 36.3 Å². The molecule has 0 aliphatic rings. The lowest BCUT2D eigenvalue weighted by atomic mass is 10.1. The van der Waals surface area contributed by atoms with Crippen molar-refractivity contribution >= 4 is 40.0 Å². The van der Waals surface area contributed by atoms with Gasteiger partial charge in [0, 0.05) is 21.5 Å². The molecular formula is C25H14ClF5N2O3. The van der Waals surface area contributed by atoms with Crippen LogP contribution in [0.4, 0.5) is 32.4 Å². The molecule has 3 amide bonds. The van der Waals surface area contributed by atoms with Gasteiger partial charge in [0.2, 0.25) is 0 Å². The van der Waals surface area contributed by atoms with Gasteiger partial charge in [-0.05, 0) is 42.5 Å². The van der Waals surface area contributed by atoms with E-state index in [4.69, 9.17) is 16.3 Å². The van der Waals surface area contributed by atoms with E-state index < -0.39 is 46.6 Å². The lowest BCUT2D eigenvalue weighted by molar-refractivity contribution is -0.138. The minimum Gasteiger partial charge on any atom is -0.456 e. The average molecular weight is 521 g/mol. The second-order valence-corrected chi connectivity index (χ2v) is 7.81. The van der Waals surface area contributed by atoms with Crippen molar-refractivity contribution in [2.45, 2.75) is 6.18 Å². The molecule has 0 saturated carbocycles. The Morgan fingerprint density at radius 1 is 0.806 bits per heavy atom. The number of rotatable bonds is 4. The van der Waals surface area contributed by atoms with Crippen molar-refractivity contribution in [2.24, 2.45) is 0 Å². The zero-order valence-corrected chi connectivity index (χ0v) is 18.7. The first kappa shape index (κ1) is 24.9. The van der Waals surface area contributed by atoms with Crippen molar-refractivity contribution in [1.29, 1.82) is 0 Å². The molecule has 11 heteroatoms. The number of urea groups is 1. The highest BCUT2D eigenvalue weighted by molar-refractivity contribution is 6.35. The van der Waals surface area contributed by atoms with E-state index >= 15 is 0 Å². The lowest BCUT2D eigenvalue weighted by Gasteiger charge is -2.17. The number of anilines is 1. The second-order valence-electron chi connectivity index (χ2n) is 7.41. The molecule has 0 fully saturated rings. The average Bonchev–Trinajstić information content (AvgIpc) is 2.81. The molecule has 0 aromatic heterocycles. The van der Waals surface area contributed by atoms with E-state index in [0.717, 1.165) is 30.3 Å². The van der Waals surface area contributed by atoms with Crippen molar-refractivity contribution in [2.75, 3.05) is 5.32 Å². The molecule has 4 aromatic rings. The SMILES string of the molecule is O=C(NC(=O)c1c(F)cccc1F)Nc1ccc(Oc2ccc(Cl)c3ccccc23)c(C(F)(F)F)c1. The minimum absolute atomic E-state index is 0.122. The van der Waals surface area contributed by atoms with Crippen LogP contribution < -0.4 is 15.4 Å². The monoisotopic (exact) mass is 520 g/mol. The van der Waals surface area contributed by atoms with Gasteiger partial charge in [0.15, 0.2) is 0 Å². The molecule has 4 aromatic carbocycles. The third-order valence-electron chi connectivity index (χ3n) is 5.01. The van der Waals surface area contributed by atoms with E-state index in [1.807, 2.05) is 5.32 Å². The molecule has 4 rings (SSSR count). The number of benzene rings is 4. The van der Waals surface area contributed by atoms with E-state index in [9.17, 15) is 31.5 Å². The number of carbonyl (C=O) groups is 2. The van der Waals surface area contributed by atoms with E-state index in [0.29, 0.717) is 21.9 Å². The number of ether oxygens (including phenoxy) is 1. The first-order valence-corrected chi connectivity index (χ1v) is 10.5. The summed E-state index contributed by atoms with van der Waals surface area (Å²) in [5.41, 5.74) is -2.58. The van der Waals surface area contributed by atoms with Crippen LogP contribution in [-0.2, 0) is 6.18 Å². The zero-order chi connectivity index (χ0) is 26.0. The zero-order valence-electron chi connectivity index (χ0n) is 17.9. The van der Waals surface area contributed by atoms with Gasteiger partial charge in [0.05, 0.1) is 0 Å². The highest BCUT2D eigenvalue weighted by Crippen LogP contribution is 2.41. The first-order valence-electron chi connectivity index (χ1n) is 10.2. The molecule has 0 unspecified atom stereocenters. The van der Waals surface area contributed by atoms with Crippen molar-refractivity contribution in [1.82, 2.24) is 5.32 Å². The molecule has 0 spiro atoms. The largest absolute Gasteiger partial charge is 0.456 e. The molecule has 0 bridgehead atoms. The molecule has 0 saturated heterocycles. The van der Waals surface area contributed by atoms with Gasteiger partial charge in [-0.1, -0.05) is 41.9 Å². The van der Waals surface area contributed by atoms with E-state index in [-0.39, 0.29) is 11.4 Å². The minimum atomic E-state index is -4.88. The van der Waals surface area contributed by atoms with Crippen LogP contribution in [0.1, 0.15) is 15.9 Å². The second kappa shape index (κ2) is 9.82. The summed E-state index contributed by atoms with van der Waals surface area (Å²) in [6.07, 6.45) is -4.88. The molecule has 0 atom stereocenters. The van der Waals surface area contributed by atoms with Gasteiger partial charge < -0.3 is 10.1 Å². The van der Waals surface area contributed by atoms with Crippen molar-refractivity contribution in [3.05, 3.63) is 101 Å². The Labute approximate surface area is 205 Å². The summed E-state index contributed by atoms with van der Waals surface area (Å²) in [7, 11) is 0. The van der Waals surface area contributed by atoms with Crippen LogP contribution in [0.2, 0.25) is 5.02 Å². The summed E-state index contributed by atoms with van der Waals surface area (Å²) in [5, 5.41) is 5.16. The smallest absolute Gasteiger partial charge is 0.420 e. The molecule has 0 heterocycles. The number of alkyl halides is 3. The molecule has 5 nitrogen and oxygen atoms in total. The third-order valence-corrected chi connectivity index (χ3v) is 5.34. The Hall–Kier alpha value is -4.18. The molecule has 184 valence electrons. The Bertz CT molecular complexity index is 1470. The van der Waals surface area contributed by atoms with Gasteiger partial charge in [-0.2, -0.15) is 13.2 Å². The number of carbonyl (C=O) groups excluding carboxylic acids is 2. The fraction of sp³-hybridized carbons (Fsp3) is 0.0400. The number of hydrogen-bond acceptors (Lipinski definition) is 3. The fourth-order valence-corrected chi connectivity index (χ4v) is 3.63. The Balaban J connectivity index is 1.59. The molecule has 0 radical (unpaired) electrons. The van der Waals surface area contributed by atoms with Gasteiger partial charge in [0.25, 0.3) is 5.91 Å². The number of nitrogens with one attached hydrogen (secondary N) is 2. The van der Waals surface area contributed by atoms with Gasteiger partial charge in [-0.25, -0.2) is 13.6 Å². The summed E-state index contributed by atoms with van der Waals surface area (Å²) in [6, 6.07) is 13.7. The molecule has 0 aliphatic carbocycles. The summed E-state index contributed by atoms with van der Waals surface area (Å²) < 4.78 is 74.4. The predicted octanol–water partition coefficient (Wildman–Crippen LogP) is 7.54. The number of amides is 3. The maximum atomic E-state index is 13.8. The van der Waals surface area contributed by atoms with Crippen LogP contribution in [0.3, 0.4) is 0 Å². The Kier molecular flexibility index (Phi) is 6.80. The van der Waals surface area contributed by atoms with Gasteiger partial charge >= 0.3 is 12.2 Å². The normalized spacial score (nSPS) is 11.3. The standard InChI is InChI=1S/C25H14ClF5N2O3/c26-17-9-11-20(15-5-2-1-4-14(15)17)36-21-10-8-13(12-16(21)25(29,30)31)32-24(35)33-23(34)22-18(27)6-3-7-19(22)28/h1-12H,(H2,32,33,34,35). The molecule has 36 heavy (non-hydrogen) atoms. The van der Waals surface area contributed by atoms with Crippen LogP contribution in [0, 0.1) is 11.6 Å². The predicted molar refractivity (Wildman–Crippen MR) is 123 cm³/mol. The van der Waals surface area contributed by atoms with Crippen LogP contribution in [-0.4, -0.2) is 11.9 Å². The number of hydrogen-bond donors (Lipinski definition) is 2. The number of imide groups is 1. The van der Waals surface area contributed by atoms with Crippen LogP contribution in [0.25, 0.3) is 10.8 Å². The van der Waals surface area contributed by atoms with Gasteiger partial charge in [-0.15, -0.1) is 0 Å². The highest BCUT2D eigenvalue weighted by Gasteiger charge is 2.35. The summed E-state index contributed by atoms with van der Waals surface area (Å²) in [5.74, 6) is -4.26. The van der Waals surface area contributed by atoms with Gasteiger partial charge in [0.1, 0.15) is 34.3 Å². The maximum absolute atomic E-state index is 13.8. The summed E-state index contributed by atoms with van der Waals surface area (Å²) >= 11 is 6.15. The van der Waals surface area contributed by atoms with Crippen LogP contribution in [0.5, 0.6) is 11.5 Å². The fourth-order valence-electron chi connectivity index (χ4n) is 3.40. The van der Waals surface area contributed by atoms with Gasteiger partial charge in [-0.3, -0.25) is 10.1 Å². The molecule has 2 N–H and O–H groups in total. The van der Waals surface area contributed by atoms with E-state index in [2.05, 4.69) is 0 Å². The third kappa shape index (κ3) is 5.23. The highest BCUT2D eigenvalue weighted by atomic mass is 35.5. The Morgan fingerprint density at radius 2 is 1.44 bits per heavy atom. The summed E-state index contributed by atoms with van der Waals surface area (Å²) in [6.45, 7) is 0. The number of fused-ring (bicyclic) bond motifs is 1.